The summed E-state index contributed by atoms with van der Waals surface area (Å²) in [7, 11) is 1.68. The Labute approximate surface area is 221 Å². The number of carbonyl (C=O) groups excluding carboxylic acids is 2. The number of amides is 2. The van der Waals surface area contributed by atoms with Crippen LogP contribution in [-0.2, 0) is 35.4 Å². The number of H-pyrrole nitrogens is 1. The summed E-state index contributed by atoms with van der Waals surface area (Å²) in [6, 6.07) is 22.3. The number of rotatable bonds is 12. The van der Waals surface area contributed by atoms with E-state index >= 15 is 0 Å². The van der Waals surface area contributed by atoms with Crippen LogP contribution in [0.4, 0.5) is 5.69 Å². The van der Waals surface area contributed by atoms with Crippen molar-refractivity contribution < 1.29 is 14.7 Å². The molecule has 196 valence electrons. The Morgan fingerprint density at radius 3 is 2.50 bits per heavy atom. The van der Waals surface area contributed by atoms with Crippen LogP contribution in [0, 0.1) is 0 Å². The van der Waals surface area contributed by atoms with Crippen molar-refractivity contribution in [3.63, 3.8) is 0 Å². The molecule has 3 aromatic carbocycles. The number of phenols is 1. The third kappa shape index (κ3) is 7.08. The predicted molar refractivity (Wildman–Crippen MR) is 149 cm³/mol. The highest BCUT2D eigenvalue weighted by Crippen LogP contribution is 2.24. The van der Waals surface area contributed by atoms with Gasteiger partial charge in [-0.2, -0.15) is 0 Å². The second-order valence-corrected chi connectivity index (χ2v) is 9.26. The fourth-order valence-electron chi connectivity index (χ4n) is 4.35. The fourth-order valence-corrected chi connectivity index (χ4v) is 4.35. The van der Waals surface area contributed by atoms with Gasteiger partial charge in [0, 0.05) is 30.7 Å². The van der Waals surface area contributed by atoms with E-state index < -0.39 is 0 Å². The van der Waals surface area contributed by atoms with Gasteiger partial charge in [-0.25, -0.2) is 0 Å². The maximum atomic E-state index is 12.4. The molecule has 0 unspecified atom stereocenters. The molecule has 4 rings (SSSR count). The average molecular weight is 513 g/mol. The smallest absolute Gasteiger partial charge is 0.248 e. The standard InChI is InChI=1S/C30H32N4O4/c1-34(20-35)25-8-5-22(6-9-25)18-29(38)32-19-23-4-2-3-21(17-23)13-15-31-16-14-24-7-11-27(36)30-26(24)10-12-28(37)33-30/h2-12,17,20,31,36H,13-16,18-19H2,1H3,(H,32,38)(H,33,37). The lowest BCUT2D eigenvalue weighted by atomic mass is 10.0. The Hall–Kier alpha value is -4.43. The number of anilines is 1. The molecule has 4 aromatic rings. The summed E-state index contributed by atoms with van der Waals surface area (Å²) < 4.78 is 0. The van der Waals surface area contributed by atoms with Crippen LogP contribution in [-0.4, -0.2) is 42.5 Å². The van der Waals surface area contributed by atoms with Crippen molar-refractivity contribution in [2.24, 2.45) is 0 Å². The Balaban J connectivity index is 1.21. The SMILES string of the molecule is CN(C=O)c1ccc(CC(=O)NCc2cccc(CCNCCc3ccc(O)c4[nH]c(=O)ccc34)c2)cc1. The number of carbonyl (C=O) groups is 2. The molecule has 0 aliphatic rings. The van der Waals surface area contributed by atoms with Crippen LogP contribution in [0.15, 0.2) is 77.6 Å². The molecule has 8 nitrogen and oxygen atoms in total. The number of phenolic OH excluding ortho intramolecular Hbond substituents is 1. The predicted octanol–water partition coefficient (Wildman–Crippen LogP) is 3.06. The molecule has 4 N–H and O–H groups in total. The molecule has 8 heteroatoms. The highest BCUT2D eigenvalue weighted by atomic mass is 16.3. The average Bonchev–Trinajstić information content (AvgIpc) is 2.93. The first-order chi connectivity index (χ1) is 18.4. The van der Waals surface area contributed by atoms with Crippen LogP contribution in [0.25, 0.3) is 10.9 Å². The molecule has 1 heterocycles. The van der Waals surface area contributed by atoms with Crippen LogP contribution in [0.3, 0.4) is 0 Å². The van der Waals surface area contributed by atoms with Gasteiger partial charge in [-0.05, 0) is 72.5 Å². The molecule has 2 amide bonds. The van der Waals surface area contributed by atoms with Crippen molar-refractivity contribution in [3.8, 4) is 5.75 Å². The molecule has 0 saturated heterocycles. The summed E-state index contributed by atoms with van der Waals surface area (Å²) >= 11 is 0. The van der Waals surface area contributed by atoms with Crippen LogP contribution in [0.1, 0.15) is 22.3 Å². The first-order valence-electron chi connectivity index (χ1n) is 12.6. The van der Waals surface area contributed by atoms with Gasteiger partial charge in [0.1, 0.15) is 5.75 Å². The van der Waals surface area contributed by atoms with Crippen molar-refractivity contribution in [3.05, 3.63) is 105 Å². The number of pyridine rings is 1. The zero-order chi connectivity index (χ0) is 26.9. The number of nitrogens with zero attached hydrogens (tertiary/aromatic N) is 1. The Bertz CT molecular complexity index is 1460. The van der Waals surface area contributed by atoms with Crippen molar-refractivity contribution in [1.82, 2.24) is 15.6 Å². The fraction of sp³-hybridized carbons (Fsp3) is 0.233. The van der Waals surface area contributed by atoms with E-state index in [1.165, 1.54) is 16.5 Å². The molecular formula is C30H32N4O4. The number of benzene rings is 3. The van der Waals surface area contributed by atoms with E-state index in [1.54, 1.807) is 19.2 Å². The van der Waals surface area contributed by atoms with Crippen molar-refractivity contribution in [2.75, 3.05) is 25.0 Å². The summed E-state index contributed by atoms with van der Waals surface area (Å²) in [6.45, 7) is 2.03. The maximum Gasteiger partial charge on any atom is 0.248 e. The molecule has 0 saturated carbocycles. The second kappa shape index (κ2) is 12.7. The minimum atomic E-state index is -0.236. The number of fused-ring (bicyclic) bond motifs is 1. The van der Waals surface area contributed by atoms with E-state index in [9.17, 15) is 19.5 Å². The molecule has 0 atom stereocenters. The molecule has 38 heavy (non-hydrogen) atoms. The maximum absolute atomic E-state index is 12.4. The van der Waals surface area contributed by atoms with Gasteiger partial charge in [0.15, 0.2) is 0 Å². The van der Waals surface area contributed by atoms with Gasteiger partial charge in [-0.1, -0.05) is 42.5 Å². The number of nitrogens with one attached hydrogen (secondary N) is 3. The number of aromatic amines is 1. The minimum Gasteiger partial charge on any atom is -0.506 e. The zero-order valence-corrected chi connectivity index (χ0v) is 21.4. The molecule has 0 aliphatic carbocycles. The highest BCUT2D eigenvalue weighted by molar-refractivity contribution is 5.87. The second-order valence-electron chi connectivity index (χ2n) is 9.26. The van der Waals surface area contributed by atoms with Crippen LogP contribution in [0.2, 0.25) is 0 Å². The quantitative estimate of drug-likeness (QED) is 0.172. The van der Waals surface area contributed by atoms with Crippen molar-refractivity contribution >= 4 is 28.9 Å². The van der Waals surface area contributed by atoms with Crippen LogP contribution >= 0.6 is 0 Å². The summed E-state index contributed by atoms with van der Waals surface area (Å²) in [5.74, 6) is 0.0163. The summed E-state index contributed by atoms with van der Waals surface area (Å²) in [6.07, 6.45) is 2.65. The lowest BCUT2D eigenvalue weighted by Crippen LogP contribution is -2.24. The monoisotopic (exact) mass is 512 g/mol. The lowest BCUT2D eigenvalue weighted by Gasteiger charge is -2.11. The van der Waals surface area contributed by atoms with Crippen LogP contribution < -0.4 is 21.1 Å². The van der Waals surface area contributed by atoms with E-state index in [1.807, 2.05) is 42.5 Å². The van der Waals surface area contributed by atoms with E-state index in [0.29, 0.717) is 12.1 Å². The highest BCUT2D eigenvalue weighted by Gasteiger charge is 2.07. The van der Waals surface area contributed by atoms with E-state index in [2.05, 4.69) is 27.8 Å². The summed E-state index contributed by atoms with van der Waals surface area (Å²) in [5.41, 5.74) is 5.19. The first-order valence-corrected chi connectivity index (χ1v) is 12.6. The third-order valence-corrected chi connectivity index (χ3v) is 6.47. The van der Waals surface area contributed by atoms with Gasteiger partial charge < -0.3 is 25.6 Å². The molecule has 0 bridgehead atoms. The Morgan fingerprint density at radius 1 is 0.947 bits per heavy atom. The van der Waals surface area contributed by atoms with Crippen LogP contribution in [0.5, 0.6) is 5.75 Å². The Kier molecular flexibility index (Phi) is 8.89. The van der Waals surface area contributed by atoms with Crippen molar-refractivity contribution in [2.45, 2.75) is 25.8 Å². The van der Waals surface area contributed by atoms with E-state index in [0.717, 1.165) is 60.1 Å². The number of aromatic hydroxyl groups is 1. The molecule has 0 fully saturated rings. The number of hydrogen-bond donors (Lipinski definition) is 4. The van der Waals surface area contributed by atoms with Gasteiger partial charge in [-0.15, -0.1) is 0 Å². The number of hydrogen-bond acceptors (Lipinski definition) is 5. The van der Waals surface area contributed by atoms with Gasteiger partial charge >= 0.3 is 0 Å². The van der Waals surface area contributed by atoms with E-state index in [-0.39, 0.29) is 23.6 Å². The molecular weight excluding hydrogens is 480 g/mol. The summed E-state index contributed by atoms with van der Waals surface area (Å²) in [5, 5.41) is 17.3. The lowest BCUT2D eigenvalue weighted by molar-refractivity contribution is -0.120. The van der Waals surface area contributed by atoms with E-state index in [4.69, 9.17) is 0 Å². The zero-order valence-electron chi connectivity index (χ0n) is 21.4. The third-order valence-electron chi connectivity index (χ3n) is 6.47. The largest absolute Gasteiger partial charge is 0.506 e. The van der Waals surface area contributed by atoms with Gasteiger partial charge in [0.25, 0.3) is 0 Å². The number of aromatic nitrogens is 1. The van der Waals surface area contributed by atoms with Gasteiger partial charge in [0.2, 0.25) is 17.9 Å². The normalized spacial score (nSPS) is 10.9. The molecule has 0 spiro atoms. The minimum absolute atomic E-state index is 0.0561. The first kappa shape index (κ1) is 26.6. The topological polar surface area (TPSA) is 115 Å². The van der Waals surface area contributed by atoms with Gasteiger partial charge in [0.05, 0.1) is 11.9 Å². The summed E-state index contributed by atoms with van der Waals surface area (Å²) in [4.78, 5) is 39.0. The molecule has 1 aromatic heterocycles. The molecule has 0 radical (unpaired) electrons. The molecule has 0 aliphatic heterocycles. The van der Waals surface area contributed by atoms with Crippen molar-refractivity contribution in [1.29, 1.82) is 0 Å². The Morgan fingerprint density at radius 2 is 1.71 bits per heavy atom. The van der Waals surface area contributed by atoms with Gasteiger partial charge in [-0.3, -0.25) is 14.4 Å².